The Bertz CT molecular complexity index is 1360. The third kappa shape index (κ3) is 4.02. The summed E-state index contributed by atoms with van der Waals surface area (Å²) in [6, 6.07) is 8.95. The Morgan fingerprint density at radius 2 is 1.75 bits per heavy atom. The van der Waals surface area contributed by atoms with Crippen molar-refractivity contribution in [1.29, 1.82) is 0 Å². The molecule has 4 aromatic rings. The summed E-state index contributed by atoms with van der Waals surface area (Å²) in [6.07, 6.45) is -5.37. The number of benzene rings is 2. The summed E-state index contributed by atoms with van der Waals surface area (Å²) in [5.41, 5.74) is 7.28. The van der Waals surface area contributed by atoms with Crippen LogP contribution in [0.5, 0.6) is 0 Å². The standard InChI is InChI=1S/C22H21F5N4O/c1-29-20-17(24)9-15(23)10-19(20)31(21(29)32)12-16-8-14-7-13(11-28)3-4-18(14)30(16)6-2-5-22(25,26)27/h3-4,7-10H,2,5-6,11-12,28H2,1H3. The molecule has 2 aromatic heterocycles. The molecule has 0 atom stereocenters. The van der Waals surface area contributed by atoms with Gasteiger partial charge in [-0.25, -0.2) is 13.6 Å². The van der Waals surface area contributed by atoms with Gasteiger partial charge in [0, 0.05) is 55.3 Å². The number of hydrogen-bond donors (Lipinski definition) is 1. The molecule has 0 radical (unpaired) electrons. The lowest BCUT2D eigenvalue weighted by Gasteiger charge is -2.13. The van der Waals surface area contributed by atoms with Crippen LogP contribution in [0.2, 0.25) is 0 Å². The van der Waals surface area contributed by atoms with E-state index in [1.807, 2.05) is 6.07 Å². The van der Waals surface area contributed by atoms with Gasteiger partial charge in [0.2, 0.25) is 0 Å². The average molecular weight is 452 g/mol. The highest BCUT2D eigenvalue weighted by Crippen LogP contribution is 2.27. The van der Waals surface area contributed by atoms with Gasteiger partial charge in [-0.05, 0) is 30.2 Å². The van der Waals surface area contributed by atoms with Gasteiger partial charge in [0.1, 0.15) is 11.3 Å². The van der Waals surface area contributed by atoms with Crippen LogP contribution >= 0.6 is 0 Å². The molecular formula is C22H21F5N4O. The van der Waals surface area contributed by atoms with Crippen LogP contribution in [0.15, 0.2) is 41.2 Å². The van der Waals surface area contributed by atoms with Crippen LogP contribution < -0.4 is 11.4 Å². The Kier molecular flexibility index (Phi) is 5.58. The number of aromatic nitrogens is 3. The van der Waals surface area contributed by atoms with Gasteiger partial charge in [-0.2, -0.15) is 13.2 Å². The molecule has 0 amide bonds. The van der Waals surface area contributed by atoms with E-state index in [0.717, 1.165) is 21.6 Å². The molecule has 5 nitrogen and oxygen atoms in total. The minimum Gasteiger partial charge on any atom is -0.343 e. The summed E-state index contributed by atoms with van der Waals surface area (Å²) < 4.78 is 70.3. The predicted molar refractivity (Wildman–Crippen MR) is 111 cm³/mol. The molecule has 0 saturated carbocycles. The second kappa shape index (κ2) is 8.09. The zero-order valence-electron chi connectivity index (χ0n) is 17.2. The van der Waals surface area contributed by atoms with Crippen molar-refractivity contribution in [3.63, 3.8) is 0 Å². The summed E-state index contributed by atoms with van der Waals surface area (Å²) in [4.78, 5) is 12.8. The fourth-order valence-electron chi connectivity index (χ4n) is 4.12. The minimum atomic E-state index is -4.28. The average Bonchev–Trinajstić information content (AvgIpc) is 3.16. The van der Waals surface area contributed by atoms with E-state index in [2.05, 4.69) is 0 Å². The van der Waals surface area contributed by atoms with Crippen molar-refractivity contribution in [2.45, 2.75) is 38.7 Å². The van der Waals surface area contributed by atoms with E-state index in [4.69, 9.17) is 5.73 Å². The van der Waals surface area contributed by atoms with Crippen molar-refractivity contribution in [1.82, 2.24) is 13.7 Å². The van der Waals surface area contributed by atoms with E-state index in [1.54, 1.807) is 22.8 Å². The van der Waals surface area contributed by atoms with Gasteiger partial charge in [-0.15, -0.1) is 0 Å². The molecular weight excluding hydrogens is 431 g/mol. The summed E-state index contributed by atoms with van der Waals surface area (Å²) in [6.45, 7) is 0.312. The Balaban J connectivity index is 1.83. The molecule has 0 bridgehead atoms. The van der Waals surface area contributed by atoms with Gasteiger partial charge in [0.05, 0.1) is 12.1 Å². The van der Waals surface area contributed by atoms with E-state index in [1.165, 1.54) is 11.6 Å². The number of halogens is 5. The molecule has 32 heavy (non-hydrogen) atoms. The first-order valence-electron chi connectivity index (χ1n) is 10.0. The molecule has 0 aliphatic carbocycles. The molecule has 10 heteroatoms. The first-order chi connectivity index (χ1) is 15.1. The highest BCUT2D eigenvalue weighted by Gasteiger charge is 2.26. The first-order valence-corrected chi connectivity index (χ1v) is 10.0. The SMILES string of the molecule is Cn1c(=O)n(Cc2cc3cc(CN)ccc3n2CCCC(F)(F)F)c2cc(F)cc(F)c21. The first kappa shape index (κ1) is 22.1. The normalized spacial score (nSPS) is 12.3. The van der Waals surface area contributed by atoms with Crippen molar-refractivity contribution in [3.05, 3.63) is 69.8 Å². The van der Waals surface area contributed by atoms with Crippen LogP contribution in [0, 0.1) is 11.6 Å². The maximum atomic E-state index is 14.3. The summed E-state index contributed by atoms with van der Waals surface area (Å²) in [5.74, 6) is -1.69. The number of nitrogens with two attached hydrogens (primary N) is 1. The summed E-state index contributed by atoms with van der Waals surface area (Å²) in [5, 5.41) is 0.764. The quantitative estimate of drug-likeness (QED) is 0.441. The number of hydrogen-bond acceptors (Lipinski definition) is 2. The zero-order chi connectivity index (χ0) is 23.2. The molecule has 0 aliphatic rings. The zero-order valence-corrected chi connectivity index (χ0v) is 17.2. The van der Waals surface area contributed by atoms with Crippen LogP contribution in [-0.2, 0) is 26.7 Å². The molecule has 0 unspecified atom stereocenters. The van der Waals surface area contributed by atoms with E-state index < -0.39 is 29.9 Å². The molecule has 4 rings (SSSR count). The van der Waals surface area contributed by atoms with Crippen molar-refractivity contribution in [3.8, 4) is 0 Å². The van der Waals surface area contributed by atoms with E-state index in [-0.39, 0.29) is 30.5 Å². The monoisotopic (exact) mass is 452 g/mol. The molecule has 0 fully saturated rings. The van der Waals surface area contributed by atoms with Gasteiger partial charge in [-0.1, -0.05) is 6.07 Å². The molecule has 170 valence electrons. The third-order valence-electron chi connectivity index (χ3n) is 5.60. The number of rotatable bonds is 6. The second-order valence-corrected chi connectivity index (χ2v) is 7.79. The van der Waals surface area contributed by atoms with Gasteiger partial charge in [0.25, 0.3) is 0 Å². The fraction of sp³-hybridized carbons (Fsp3) is 0.318. The largest absolute Gasteiger partial charge is 0.389 e. The number of aryl methyl sites for hydroxylation is 2. The van der Waals surface area contributed by atoms with E-state index >= 15 is 0 Å². The maximum absolute atomic E-state index is 14.3. The molecule has 2 N–H and O–H groups in total. The fourth-order valence-corrected chi connectivity index (χ4v) is 4.12. The lowest BCUT2D eigenvalue weighted by molar-refractivity contribution is -0.135. The topological polar surface area (TPSA) is 57.9 Å². The van der Waals surface area contributed by atoms with Crippen molar-refractivity contribution in [2.24, 2.45) is 12.8 Å². The van der Waals surface area contributed by atoms with Gasteiger partial charge in [0.15, 0.2) is 5.82 Å². The Labute approximate surface area is 179 Å². The third-order valence-corrected chi connectivity index (χ3v) is 5.60. The van der Waals surface area contributed by atoms with E-state index in [0.29, 0.717) is 23.8 Å². The number of fused-ring (bicyclic) bond motifs is 2. The highest BCUT2D eigenvalue weighted by atomic mass is 19.4. The van der Waals surface area contributed by atoms with E-state index in [9.17, 15) is 26.7 Å². The molecule has 2 heterocycles. The van der Waals surface area contributed by atoms with Gasteiger partial charge in [-0.3, -0.25) is 9.13 Å². The number of alkyl halides is 3. The van der Waals surface area contributed by atoms with Gasteiger partial charge >= 0.3 is 11.9 Å². The van der Waals surface area contributed by atoms with Gasteiger partial charge < -0.3 is 10.3 Å². The van der Waals surface area contributed by atoms with Crippen molar-refractivity contribution in [2.75, 3.05) is 0 Å². The molecule has 0 spiro atoms. The lowest BCUT2D eigenvalue weighted by atomic mass is 10.1. The Morgan fingerprint density at radius 3 is 2.44 bits per heavy atom. The summed E-state index contributed by atoms with van der Waals surface area (Å²) in [7, 11) is 1.38. The van der Waals surface area contributed by atoms with Crippen LogP contribution in [0.1, 0.15) is 24.1 Å². The van der Waals surface area contributed by atoms with Crippen molar-refractivity contribution < 1.29 is 22.0 Å². The van der Waals surface area contributed by atoms with Crippen LogP contribution in [0.25, 0.3) is 21.9 Å². The Morgan fingerprint density at radius 1 is 1.00 bits per heavy atom. The maximum Gasteiger partial charge on any atom is 0.389 e. The number of nitrogens with zero attached hydrogens (tertiary/aromatic N) is 3. The smallest absolute Gasteiger partial charge is 0.343 e. The Hall–Kier alpha value is -3.14. The molecule has 2 aromatic carbocycles. The van der Waals surface area contributed by atoms with Crippen LogP contribution in [0.3, 0.4) is 0 Å². The predicted octanol–water partition coefficient (Wildman–Crippen LogP) is 4.42. The van der Waals surface area contributed by atoms with Crippen LogP contribution in [-0.4, -0.2) is 19.9 Å². The number of imidazole rings is 1. The molecule has 0 saturated heterocycles. The minimum absolute atomic E-state index is 0.0402. The second-order valence-electron chi connectivity index (χ2n) is 7.79. The van der Waals surface area contributed by atoms with Crippen LogP contribution in [0.4, 0.5) is 22.0 Å². The highest BCUT2D eigenvalue weighted by molar-refractivity contribution is 5.82. The lowest BCUT2D eigenvalue weighted by Crippen LogP contribution is -2.24. The van der Waals surface area contributed by atoms with Crippen molar-refractivity contribution >= 4 is 21.9 Å². The molecule has 0 aliphatic heterocycles. The summed E-state index contributed by atoms with van der Waals surface area (Å²) >= 11 is 0.